The lowest BCUT2D eigenvalue weighted by Crippen LogP contribution is -2.06. The molecular formula is C13H8Cl3NO. The van der Waals surface area contributed by atoms with Crippen LogP contribution in [0, 0.1) is 0 Å². The Morgan fingerprint density at radius 3 is 2.44 bits per heavy atom. The maximum atomic E-state index is 12.0. The summed E-state index contributed by atoms with van der Waals surface area (Å²) in [5, 5.41) is 1.56. The second-order valence-corrected chi connectivity index (χ2v) is 4.98. The first-order valence-corrected chi connectivity index (χ1v) is 6.28. The highest BCUT2D eigenvalue weighted by Crippen LogP contribution is 2.22. The highest BCUT2D eigenvalue weighted by Gasteiger charge is 2.11. The standard InChI is InChI=1S/C13H8Cl3NO/c14-9-1-3-11(16)8(5-9)6-13(18)12-4-2-10(15)7-17-12/h1-5,7H,6H2. The number of hydrogen-bond donors (Lipinski definition) is 0. The average molecular weight is 301 g/mol. The van der Waals surface area contributed by atoms with Crippen molar-refractivity contribution in [3.63, 3.8) is 0 Å². The summed E-state index contributed by atoms with van der Waals surface area (Å²) in [6.07, 6.45) is 1.60. The molecule has 0 saturated heterocycles. The molecule has 2 nitrogen and oxygen atoms in total. The lowest BCUT2D eigenvalue weighted by atomic mass is 10.1. The van der Waals surface area contributed by atoms with Gasteiger partial charge in [0.05, 0.1) is 5.02 Å². The Kier molecular flexibility index (Phi) is 4.23. The summed E-state index contributed by atoms with van der Waals surface area (Å²) >= 11 is 17.6. The Bertz CT molecular complexity index is 581. The first-order valence-electron chi connectivity index (χ1n) is 5.15. The predicted octanol–water partition coefficient (Wildman–Crippen LogP) is 4.47. The van der Waals surface area contributed by atoms with Gasteiger partial charge in [-0.2, -0.15) is 0 Å². The normalized spacial score (nSPS) is 10.4. The second-order valence-electron chi connectivity index (χ2n) is 3.70. The second kappa shape index (κ2) is 5.70. The zero-order valence-electron chi connectivity index (χ0n) is 9.16. The first-order chi connectivity index (χ1) is 8.56. The molecule has 0 atom stereocenters. The van der Waals surface area contributed by atoms with Crippen LogP contribution in [-0.2, 0) is 6.42 Å². The molecule has 18 heavy (non-hydrogen) atoms. The van der Waals surface area contributed by atoms with Crippen LogP contribution in [0.4, 0.5) is 0 Å². The maximum Gasteiger partial charge on any atom is 0.185 e. The molecule has 0 spiro atoms. The van der Waals surface area contributed by atoms with Crippen molar-refractivity contribution < 1.29 is 4.79 Å². The molecule has 0 fully saturated rings. The number of ketones is 1. The monoisotopic (exact) mass is 299 g/mol. The average Bonchev–Trinajstić information content (AvgIpc) is 2.34. The van der Waals surface area contributed by atoms with Crippen molar-refractivity contribution in [2.45, 2.75) is 6.42 Å². The number of nitrogens with zero attached hydrogens (tertiary/aromatic N) is 1. The van der Waals surface area contributed by atoms with Crippen molar-refractivity contribution in [2.75, 3.05) is 0 Å². The van der Waals surface area contributed by atoms with E-state index in [4.69, 9.17) is 34.8 Å². The summed E-state index contributed by atoms with van der Waals surface area (Å²) in [4.78, 5) is 16.0. The quantitative estimate of drug-likeness (QED) is 0.783. The van der Waals surface area contributed by atoms with Gasteiger partial charge >= 0.3 is 0 Å². The maximum absolute atomic E-state index is 12.0. The molecular weight excluding hydrogens is 293 g/mol. The van der Waals surface area contributed by atoms with Gasteiger partial charge in [-0.05, 0) is 35.9 Å². The fourth-order valence-electron chi connectivity index (χ4n) is 1.48. The Hall–Kier alpha value is -1.09. The van der Waals surface area contributed by atoms with E-state index < -0.39 is 0 Å². The van der Waals surface area contributed by atoms with E-state index in [0.717, 1.165) is 0 Å². The molecule has 5 heteroatoms. The topological polar surface area (TPSA) is 30.0 Å². The summed E-state index contributed by atoms with van der Waals surface area (Å²) in [6.45, 7) is 0. The molecule has 0 bridgehead atoms. The Morgan fingerprint density at radius 2 is 1.78 bits per heavy atom. The van der Waals surface area contributed by atoms with Crippen LogP contribution in [0.25, 0.3) is 0 Å². The van der Waals surface area contributed by atoms with Gasteiger partial charge in [0, 0.05) is 22.7 Å². The van der Waals surface area contributed by atoms with Crippen molar-refractivity contribution in [1.29, 1.82) is 0 Å². The van der Waals surface area contributed by atoms with Crippen LogP contribution < -0.4 is 0 Å². The Balaban J connectivity index is 2.21. The number of carbonyl (C=O) groups excluding carboxylic acids is 1. The van der Waals surface area contributed by atoms with Gasteiger partial charge in [-0.3, -0.25) is 9.78 Å². The van der Waals surface area contributed by atoms with Gasteiger partial charge in [0.15, 0.2) is 5.78 Å². The van der Waals surface area contributed by atoms with Crippen LogP contribution >= 0.6 is 34.8 Å². The van der Waals surface area contributed by atoms with Crippen LogP contribution in [-0.4, -0.2) is 10.8 Å². The van der Waals surface area contributed by atoms with Crippen LogP contribution in [0.1, 0.15) is 16.1 Å². The Morgan fingerprint density at radius 1 is 1.06 bits per heavy atom. The third-order valence-electron chi connectivity index (χ3n) is 2.37. The van der Waals surface area contributed by atoms with Crippen molar-refractivity contribution >= 4 is 40.6 Å². The number of Topliss-reactive ketones (excluding diaryl/α,β-unsaturated/α-hetero) is 1. The van der Waals surface area contributed by atoms with Gasteiger partial charge in [0.2, 0.25) is 0 Å². The molecule has 0 saturated carbocycles. The van der Waals surface area contributed by atoms with Crippen LogP contribution in [0.2, 0.25) is 15.1 Å². The molecule has 0 amide bonds. The summed E-state index contributed by atoms with van der Waals surface area (Å²) in [5.74, 6) is -0.129. The van der Waals surface area contributed by atoms with E-state index in [9.17, 15) is 4.79 Å². The van der Waals surface area contributed by atoms with Crippen LogP contribution in [0.5, 0.6) is 0 Å². The minimum atomic E-state index is -0.129. The summed E-state index contributed by atoms with van der Waals surface area (Å²) in [6, 6.07) is 8.24. The molecule has 0 unspecified atom stereocenters. The molecule has 1 aromatic heterocycles. The number of hydrogen-bond acceptors (Lipinski definition) is 2. The minimum absolute atomic E-state index is 0.129. The van der Waals surface area contributed by atoms with Crippen molar-refractivity contribution in [1.82, 2.24) is 4.98 Å². The van der Waals surface area contributed by atoms with E-state index in [0.29, 0.717) is 26.3 Å². The molecule has 0 aliphatic heterocycles. The van der Waals surface area contributed by atoms with Crippen LogP contribution in [0.15, 0.2) is 36.5 Å². The van der Waals surface area contributed by atoms with E-state index in [1.54, 1.807) is 30.3 Å². The number of carbonyl (C=O) groups is 1. The van der Waals surface area contributed by atoms with Gasteiger partial charge in [0.1, 0.15) is 5.69 Å². The smallest absolute Gasteiger partial charge is 0.185 e. The molecule has 1 aromatic carbocycles. The van der Waals surface area contributed by atoms with E-state index in [2.05, 4.69) is 4.98 Å². The lowest BCUT2D eigenvalue weighted by Gasteiger charge is -2.04. The predicted molar refractivity (Wildman–Crippen MR) is 73.7 cm³/mol. The van der Waals surface area contributed by atoms with Crippen molar-refractivity contribution in [3.05, 3.63) is 62.9 Å². The molecule has 1 heterocycles. The number of benzene rings is 1. The molecule has 92 valence electrons. The number of aromatic nitrogens is 1. The largest absolute Gasteiger partial charge is 0.292 e. The Labute approximate surface area is 120 Å². The van der Waals surface area contributed by atoms with Crippen molar-refractivity contribution in [2.24, 2.45) is 0 Å². The summed E-state index contributed by atoms with van der Waals surface area (Å²) < 4.78 is 0. The number of halogens is 3. The van der Waals surface area contributed by atoms with E-state index in [-0.39, 0.29) is 12.2 Å². The highest BCUT2D eigenvalue weighted by atomic mass is 35.5. The third-order valence-corrected chi connectivity index (χ3v) is 3.20. The molecule has 2 aromatic rings. The number of pyridine rings is 1. The van der Waals surface area contributed by atoms with Gasteiger partial charge in [-0.15, -0.1) is 0 Å². The van der Waals surface area contributed by atoms with Crippen LogP contribution in [0.3, 0.4) is 0 Å². The summed E-state index contributed by atoms with van der Waals surface area (Å²) in [7, 11) is 0. The molecule has 2 rings (SSSR count). The molecule has 0 N–H and O–H groups in total. The first kappa shape index (κ1) is 13.3. The fourth-order valence-corrected chi connectivity index (χ4v) is 1.97. The van der Waals surface area contributed by atoms with Gasteiger partial charge in [-0.1, -0.05) is 34.8 Å². The minimum Gasteiger partial charge on any atom is -0.292 e. The lowest BCUT2D eigenvalue weighted by molar-refractivity contribution is 0.0988. The van der Waals surface area contributed by atoms with E-state index in [1.807, 2.05) is 0 Å². The van der Waals surface area contributed by atoms with Gasteiger partial charge < -0.3 is 0 Å². The highest BCUT2D eigenvalue weighted by molar-refractivity contribution is 6.33. The molecule has 0 aliphatic carbocycles. The summed E-state index contributed by atoms with van der Waals surface area (Å²) in [5.41, 5.74) is 1.04. The molecule has 0 aliphatic rings. The van der Waals surface area contributed by atoms with Gasteiger partial charge in [0.25, 0.3) is 0 Å². The molecule has 0 radical (unpaired) electrons. The van der Waals surface area contributed by atoms with Crippen molar-refractivity contribution in [3.8, 4) is 0 Å². The number of rotatable bonds is 3. The zero-order valence-corrected chi connectivity index (χ0v) is 11.4. The van der Waals surface area contributed by atoms with E-state index in [1.165, 1.54) is 6.20 Å². The van der Waals surface area contributed by atoms with E-state index >= 15 is 0 Å². The fraction of sp³-hybridized carbons (Fsp3) is 0.0769. The SMILES string of the molecule is O=C(Cc1cc(Cl)ccc1Cl)c1ccc(Cl)cn1. The van der Waals surface area contributed by atoms with Gasteiger partial charge in [-0.25, -0.2) is 0 Å². The zero-order chi connectivity index (χ0) is 13.1. The third kappa shape index (κ3) is 3.22.